The minimum atomic E-state index is -0.228. The van der Waals surface area contributed by atoms with Gasteiger partial charge in [0.1, 0.15) is 5.82 Å². The maximum atomic E-state index is 5.78. The molecule has 0 aliphatic carbocycles. The molecule has 0 spiro atoms. The molecule has 0 aliphatic rings. The molecule has 0 saturated heterocycles. The lowest BCUT2D eigenvalue weighted by Crippen LogP contribution is -2.34. The van der Waals surface area contributed by atoms with Gasteiger partial charge in [0.15, 0.2) is 5.82 Å². The zero-order valence-electron chi connectivity index (χ0n) is 7.18. The van der Waals surface area contributed by atoms with Crippen molar-refractivity contribution in [1.29, 1.82) is 0 Å². The molecule has 4 nitrogen and oxygen atoms in total. The number of aryl methyl sites for hydroxylation is 1. The summed E-state index contributed by atoms with van der Waals surface area (Å²) in [7, 11) is 0. The molecule has 0 atom stereocenters. The smallest absolute Gasteiger partial charge is 0.152 e. The minimum absolute atomic E-state index is 0.228. The van der Waals surface area contributed by atoms with Crippen LogP contribution in [0.4, 0.5) is 0 Å². The van der Waals surface area contributed by atoms with Gasteiger partial charge in [0.25, 0.3) is 0 Å². The number of aromatic amines is 1. The van der Waals surface area contributed by atoms with Crippen molar-refractivity contribution in [1.82, 2.24) is 15.2 Å². The molecule has 0 fully saturated rings. The summed E-state index contributed by atoms with van der Waals surface area (Å²) in [6.45, 7) is 5.79. The van der Waals surface area contributed by atoms with Crippen LogP contribution in [0.2, 0.25) is 0 Å². The van der Waals surface area contributed by atoms with Crippen molar-refractivity contribution < 1.29 is 0 Å². The lowest BCUT2D eigenvalue weighted by Gasteiger charge is -2.14. The number of hydrogen-bond acceptors (Lipinski definition) is 3. The van der Waals surface area contributed by atoms with Crippen molar-refractivity contribution in [2.45, 2.75) is 32.7 Å². The highest BCUT2D eigenvalue weighted by molar-refractivity contribution is 4.93. The summed E-state index contributed by atoms with van der Waals surface area (Å²) in [6.07, 6.45) is 0.706. The SMILES string of the molecule is Cc1nc(CC(C)(C)N)n[nH]1. The Bertz CT molecular complexity index is 233. The molecule has 0 saturated carbocycles. The van der Waals surface area contributed by atoms with Gasteiger partial charge in [-0.05, 0) is 20.8 Å². The van der Waals surface area contributed by atoms with Crippen molar-refractivity contribution in [2.24, 2.45) is 5.73 Å². The van der Waals surface area contributed by atoms with Gasteiger partial charge < -0.3 is 5.73 Å². The minimum Gasteiger partial charge on any atom is -0.325 e. The van der Waals surface area contributed by atoms with E-state index in [1.54, 1.807) is 0 Å². The number of nitrogens with zero attached hydrogens (tertiary/aromatic N) is 2. The van der Waals surface area contributed by atoms with Crippen LogP contribution < -0.4 is 5.73 Å². The van der Waals surface area contributed by atoms with E-state index in [1.165, 1.54) is 0 Å². The second-order valence-electron chi connectivity index (χ2n) is 3.50. The number of nitrogens with one attached hydrogen (secondary N) is 1. The van der Waals surface area contributed by atoms with Crippen LogP contribution in [0, 0.1) is 6.92 Å². The lowest BCUT2D eigenvalue weighted by atomic mass is 10.0. The third-order valence-electron chi connectivity index (χ3n) is 1.26. The summed E-state index contributed by atoms with van der Waals surface area (Å²) < 4.78 is 0. The van der Waals surface area contributed by atoms with Crippen molar-refractivity contribution in [3.8, 4) is 0 Å². The standard InChI is InChI=1S/C7H14N4/c1-5-9-6(11-10-5)4-7(2,3)8/h4,8H2,1-3H3,(H,9,10,11). The van der Waals surface area contributed by atoms with Gasteiger partial charge in [0, 0.05) is 12.0 Å². The molecule has 0 radical (unpaired) electrons. The molecule has 1 heterocycles. The Morgan fingerprint density at radius 3 is 2.55 bits per heavy atom. The zero-order chi connectivity index (χ0) is 8.48. The molecule has 0 bridgehead atoms. The van der Waals surface area contributed by atoms with Crippen LogP contribution in [-0.4, -0.2) is 20.7 Å². The Balaban J connectivity index is 2.65. The van der Waals surface area contributed by atoms with Gasteiger partial charge in [-0.2, -0.15) is 5.10 Å². The topological polar surface area (TPSA) is 67.6 Å². The molecule has 4 heteroatoms. The first-order valence-electron chi connectivity index (χ1n) is 3.64. The normalized spacial score (nSPS) is 12.0. The number of H-pyrrole nitrogens is 1. The van der Waals surface area contributed by atoms with E-state index in [-0.39, 0.29) is 5.54 Å². The fourth-order valence-electron chi connectivity index (χ4n) is 0.876. The molecule has 1 rings (SSSR count). The van der Waals surface area contributed by atoms with Gasteiger partial charge >= 0.3 is 0 Å². The zero-order valence-corrected chi connectivity index (χ0v) is 7.18. The average Bonchev–Trinajstić information content (AvgIpc) is 2.10. The third-order valence-corrected chi connectivity index (χ3v) is 1.26. The molecule has 3 N–H and O–H groups in total. The summed E-state index contributed by atoms with van der Waals surface area (Å²) in [6, 6.07) is 0. The van der Waals surface area contributed by atoms with E-state index < -0.39 is 0 Å². The van der Waals surface area contributed by atoms with Gasteiger partial charge in [0.05, 0.1) is 0 Å². The largest absolute Gasteiger partial charge is 0.325 e. The summed E-state index contributed by atoms with van der Waals surface area (Å²) in [4.78, 5) is 4.15. The van der Waals surface area contributed by atoms with Gasteiger partial charge in [0.2, 0.25) is 0 Å². The second kappa shape index (κ2) is 2.62. The van der Waals surface area contributed by atoms with Gasteiger partial charge in [-0.1, -0.05) is 0 Å². The van der Waals surface area contributed by atoms with Crippen molar-refractivity contribution >= 4 is 0 Å². The first kappa shape index (κ1) is 8.20. The molecular weight excluding hydrogens is 140 g/mol. The fourth-order valence-corrected chi connectivity index (χ4v) is 0.876. The van der Waals surface area contributed by atoms with Crippen LogP contribution in [0.25, 0.3) is 0 Å². The summed E-state index contributed by atoms with van der Waals surface area (Å²) >= 11 is 0. The molecule has 0 aromatic carbocycles. The van der Waals surface area contributed by atoms with Crippen LogP contribution in [0.3, 0.4) is 0 Å². The van der Waals surface area contributed by atoms with E-state index in [0.29, 0.717) is 6.42 Å². The molecule has 0 unspecified atom stereocenters. The van der Waals surface area contributed by atoms with E-state index >= 15 is 0 Å². The molecule has 0 amide bonds. The Hall–Kier alpha value is -0.900. The maximum absolute atomic E-state index is 5.78. The fraction of sp³-hybridized carbons (Fsp3) is 0.714. The van der Waals surface area contributed by atoms with Gasteiger partial charge in [-0.15, -0.1) is 0 Å². The monoisotopic (exact) mass is 154 g/mol. The van der Waals surface area contributed by atoms with Gasteiger partial charge in [-0.3, -0.25) is 5.10 Å². The van der Waals surface area contributed by atoms with E-state index in [9.17, 15) is 0 Å². The van der Waals surface area contributed by atoms with Gasteiger partial charge in [-0.25, -0.2) is 4.98 Å². The van der Waals surface area contributed by atoms with Crippen molar-refractivity contribution in [3.05, 3.63) is 11.6 Å². The molecule has 1 aromatic heterocycles. The molecule has 11 heavy (non-hydrogen) atoms. The van der Waals surface area contributed by atoms with Crippen LogP contribution in [0.1, 0.15) is 25.5 Å². The Morgan fingerprint density at radius 2 is 2.18 bits per heavy atom. The van der Waals surface area contributed by atoms with Crippen LogP contribution in [0.5, 0.6) is 0 Å². The Labute approximate surface area is 66.2 Å². The van der Waals surface area contributed by atoms with Crippen molar-refractivity contribution in [2.75, 3.05) is 0 Å². The predicted molar refractivity (Wildman–Crippen MR) is 43.1 cm³/mol. The highest BCUT2D eigenvalue weighted by Crippen LogP contribution is 2.04. The summed E-state index contributed by atoms with van der Waals surface area (Å²) in [5.41, 5.74) is 5.56. The predicted octanol–water partition coefficient (Wildman–Crippen LogP) is 0.393. The number of nitrogens with two attached hydrogens (primary N) is 1. The molecular formula is C7H14N4. The highest BCUT2D eigenvalue weighted by Gasteiger charge is 2.14. The number of aromatic nitrogens is 3. The van der Waals surface area contributed by atoms with E-state index in [0.717, 1.165) is 11.6 Å². The van der Waals surface area contributed by atoms with E-state index in [2.05, 4.69) is 15.2 Å². The number of hydrogen-bond donors (Lipinski definition) is 2. The van der Waals surface area contributed by atoms with E-state index in [1.807, 2.05) is 20.8 Å². The summed E-state index contributed by atoms with van der Waals surface area (Å²) in [5, 5.41) is 6.76. The first-order valence-corrected chi connectivity index (χ1v) is 3.64. The molecule has 1 aromatic rings. The summed E-state index contributed by atoms with van der Waals surface area (Å²) in [5.74, 6) is 1.62. The first-order chi connectivity index (χ1) is 4.97. The molecule has 62 valence electrons. The second-order valence-corrected chi connectivity index (χ2v) is 3.50. The highest BCUT2D eigenvalue weighted by atomic mass is 15.2. The Morgan fingerprint density at radius 1 is 1.55 bits per heavy atom. The van der Waals surface area contributed by atoms with Crippen LogP contribution in [0.15, 0.2) is 0 Å². The quantitative estimate of drug-likeness (QED) is 0.647. The maximum Gasteiger partial charge on any atom is 0.152 e. The van der Waals surface area contributed by atoms with E-state index in [4.69, 9.17) is 5.73 Å². The number of rotatable bonds is 2. The van der Waals surface area contributed by atoms with Crippen molar-refractivity contribution in [3.63, 3.8) is 0 Å². The van der Waals surface area contributed by atoms with Crippen LogP contribution in [-0.2, 0) is 6.42 Å². The van der Waals surface area contributed by atoms with Crippen LogP contribution >= 0.6 is 0 Å². The third kappa shape index (κ3) is 2.67. The molecule has 0 aliphatic heterocycles. The lowest BCUT2D eigenvalue weighted by molar-refractivity contribution is 0.503. The Kier molecular flexibility index (Phi) is 1.95. The average molecular weight is 154 g/mol.